The molecule has 1 heterocycles. The number of carbonyl (C=O) groups excluding carboxylic acids is 1. The lowest BCUT2D eigenvalue weighted by Gasteiger charge is -2.23. The molecule has 1 amide bonds. The van der Waals surface area contributed by atoms with Gasteiger partial charge in [-0.15, -0.1) is 0 Å². The number of H-pyrrole nitrogens is 2. The van der Waals surface area contributed by atoms with E-state index in [1.165, 1.54) is 0 Å². The fraction of sp³-hybridized carbons (Fsp3) is 0.211. The molecule has 1 aliphatic rings. The second-order valence-corrected chi connectivity index (χ2v) is 7.79. The van der Waals surface area contributed by atoms with Gasteiger partial charge >= 0.3 is 0 Å². The molecule has 0 radical (unpaired) electrons. The lowest BCUT2D eigenvalue weighted by molar-refractivity contribution is 0.0730. The summed E-state index contributed by atoms with van der Waals surface area (Å²) in [7, 11) is 0. The molecular formula is C19H16BrN3O2S. The molecule has 1 aromatic heterocycles. The van der Waals surface area contributed by atoms with E-state index in [0.717, 1.165) is 22.9 Å². The zero-order valence-electron chi connectivity index (χ0n) is 13.8. The zero-order valence-corrected chi connectivity index (χ0v) is 16.2. The Labute approximate surface area is 163 Å². The molecule has 0 saturated heterocycles. The normalized spacial score (nSPS) is 13.7. The third-order valence-corrected chi connectivity index (χ3v) is 5.17. The highest BCUT2D eigenvalue weighted by Crippen LogP contribution is 2.30. The summed E-state index contributed by atoms with van der Waals surface area (Å²) in [6.45, 7) is 0.562. The number of aromatic nitrogens is 2. The maximum atomic E-state index is 13.1. The number of benzene rings is 2. The smallest absolute Gasteiger partial charge is 0.259 e. The first-order chi connectivity index (χ1) is 12.5. The lowest BCUT2D eigenvalue weighted by atomic mass is 10.1. The van der Waals surface area contributed by atoms with Gasteiger partial charge in [0.15, 0.2) is 4.77 Å². The van der Waals surface area contributed by atoms with E-state index in [1.54, 1.807) is 18.2 Å². The van der Waals surface area contributed by atoms with Gasteiger partial charge in [-0.3, -0.25) is 14.6 Å². The van der Waals surface area contributed by atoms with Gasteiger partial charge in [0.05, 0.1) is 10.9 Å². The summed E-state index contributed by atoms with van der Waals surface area (Å²) in [6.07, 6.45) is 2.05. The Morgan fingerprint density at radius 2 is 2.00 bits per heavy atom. The van der Waals surface area contributed by atoms with Crippen molar-refractivity contribution in [1.29, 1.82) is 0 Å². The van der Waals surface area contributed by atoms with Gasteiger partial charge in [0.25, 0.3) is 11.5 Å². The molecule has 132 valence electrons. The minimum Gasteiger partial charge on any atom is -0.332 e. The lowest BCUT2D eigenvalue weighted by Crippen LogP contribution is -2.32. The van der Waals surface area contributed by atoms with Gasteiger partial charge in [-0.1, -0.05) is 28.1 Å². The van der Waals surface area contributed by atoms with Crippen molar-refractivity contribution in [1.82, 2.24) is 14.9 Å². The van der Waals surface area contributed by atoms with Crippen LogP contribution in [0.5, 0.6) is 0 Å². The van der Waals surface area contributed by atoms with Gasteiger partial charge in [-0.25, -0.2) is 0 Å². The predicted molar refractivity (Wildman–Crippen MR) is 107 cm³/mol. The number of nitrogens with zero attached hydrogens (tertiary/aromatic N) is 1. The molecule has 4 rings (SSSR count). The molecule has 0 atom stereocenters. The van der Waals surface area contributed by atoms with Crippen molar-refractivity contribution in [2.45, 2.75) is 25.4 Å². The van der Waals surface area contributed by atoms with Crippen LogP contribution in [0.25, 0.3) is 10.9 Å². The first kappa shape index (κ1) is 17.2. The van der Waals surface area contributed by atoms with Gasteiger partial charge in [-0.05, 0) is 61.0 Å². The molecule has 0 unspecified atom stereocenters. The molecule has 0 aliphatic heterocycles. The molecule has 5 nitrogen and oxygen atoms in total. The van der Waals surface area contributed by atoms with Crippen LogP contribution in [0.15, 0.2) is 51.7 Å². The summed E-state index contributed by atoms with van der Waals surface area (Å²) in [4.78, 5) is 32.5. The zero-order chi connectivity index (χ0) is 18.3. The van der Waals surface area contributed by atoms with E-state index in [-0.39, 0.29) is 22.3 Å². The Morgan fingerprint density at radius 1 is 1.19 bits per heavy atom. The highest BCUT2D eigenvalue weighted by atomic mass is 79.9. The molecule has 1 saturated carbocycles. The largest absolute Gasteiger partial charge is 0.332 e. The van der Waals surface area contributed by atoms with Crippen molar-refractivity contribution in [2.24, 2.45) is 0 Å². The van der Waals surface area contributed by atoms with Crippen LogP contribution in [-0.2, 0) is 6.54 Å². The van der Waals surface area contributed by atoms with Crippen molar-refractivity contribution < 1.29 is 4.79 Å². The van der Waals surface area contributed by atoms with Crippen molar-refractivity contribution in [3.05, 3.63) is 73.2 Å². The third-order valence-electron chi connectivity index (χ3n) is 4.48. The predicted octanol–water partition coefficient (Wildman–Crippen LogP) is 4.15. The molecule has 0 bridgehead atoms. The number of halogens is 1. The van der Waals surface area contributed by atoms with Gasteiger partial charge in [0.1, 0.15) is 0 Å². The summed E-state index contributed by atoms with van der Waals surface area (Å²) >= 11 is 8.50. The number of carbonyl (C=O) groups is 1. The number of hydrogen-bond donors (Lipinski definition) is 2. The maximum absolute atomic E-state index is 13.1. The van der Waals surface area contributed by atoms with Crippen molar-refractivity contribution in [3.8, 4) is 0 Å². The van der Waals surface area contributed by atoms with Crippen molar-refractivity contribution in [3.63, 3.8) is 0 Å². The fourth-order valence-electron chi connectivity index (χ4n) is 3.05. The van der Waals surface area contributed by atoms with Crippen LogP contribution >= 0.6 is 28.1 Å². The van der Waals surface area contributed by atoms with E-state index in [0.29, 0.717) is 23.0 Å². The van der Waals surface area contributed by atoms with Crippen LogP contribution in [-0.4, -0.2) is 26.8 Å². The van der Waals surface area contributed by atoms with Crippen LogP contribution < -0.4 is 5.56 Å². The average molecular weight is 430 g/mol. The maximum Gasteiger partial charge on any atom is 0.259 e. The second kappa shape index (κ2) is 6.81. The topological polar surface area (TPSA) is 69.0 Å². The van der Waals surface area contributed by atoms with E-state index < -0.39 is 0 Å². The highest BCUT2D eigenvalue weighted by molar-refractivity contribution is 9.10. The van der Waals surface area contributed by atoms with E-state index >= 15 is 0 Å². The minimum atomic E-state index is -0.254. The molecule has 1 fully saturated rings. The Kier molecular flexibility index (Phi) is 4.50. The first-order valence-corrected chi connectivity index (χ1v) is 9.53. The molecule has 0 spiro atoms. The fourth-order valence-corrected chi connectivity index (χ4v) is 3.70. The van der Waals surface area contributed by atoms with Crippen molar-refractivity contribution in [2.75, 3.05) is 0 Å². The monoisotopic (exact) mass is 429 g/mol. The number of aromatic amines is 2. The Bertz CT molecular complexity index is 1120. The number of amides is 1. The SMILES string of the molecule is O=C(c1ccc2c(=O)[nH]c(=S)[nH]c2c1)N(Cc1cccc(Br)c1)C1CC1. The molecule has 2 aromatic carbocycles. The quantitative estimate of drug-likeness (QED) is 0.611. The standard InChI is InChI=1S/C19H16BrN3O2S/c20-13-3-1-2-11(8-13)10-23(14-5-6-14)18(25)12-4-7-15-16(9-12)21-19(26)22-17(15)24/h1-4,7-9,14H,5-6,10H2,(H2,21,22,24,26). The van der Waals surface area contributed by atoms with Crippen LogP contribution in [0, 0.1) is 4.77 Å². The Balaban J connectivity index is 1.69. The van der Waals surface area contributed by atoms with E-state index in [4.69, 9.17) is 12.2 Å². The van der Waals surface area contributed by atoms with Gasteiger partial charge in [0.2, 0.25) is 0 Å². The molecule has 7 heteroatoms. The van der Waals surface area contributed by atoms with Crippen LogP contribution in [0.1, 0.15) is 28.8 Å². The van der Waals surface area contributed by atoms with E-state index in [1.807, 2.05) is 29.2 Å². The summed E-state index contributed by atoms with van der Waals surface area (Å²) in [5.74, 6) is -0.0334. The third kappa shape index (κ3) is 3.50. The highest BCUT2D eigenvalue weighted by Gasteiger charge is 2.33. The molecule has 2 N–H and O–H groups in total. The summed E-state index contributed by atoms with van der Waals surface area (Å²) in [5, 5.41) is 0.486. The second-order valence-electron chi connectivity index (χ2n) is 6.46. The van der Waals surface area contributed by atoms with Crippen LogP contribution in [0.4, 0.5) is 0 Å². The van der Waals surface area contributed by atoms with Crippen LogP contribution in [0.2, 0.25) is 0 Å². The van der Waals surface area contributed by atoms with Crippen LogP contribution in [0.3, 0.4) is 0 Å². The van der Waals surface area contributed by atoms with Gasteiger partial charge in [0, 0.05) is 22.6 Å². The number of hydrogen-bond acceptors (Lipinski definition) is 3. The average Bonchev–Trinajstić information content (AvgIpc) is 3.43. The molecule has 3 aromatic rings. The molecule has 1 aliphatic carbocycles. The van der Waals surface area contributed by atoms with Gasteiger partial charge < -0.3 is 9.88 Å². The van der Waals surface area contributed by atoms with E-state index in [9.17, 15) is 9.59 Å². The van der Waals surface area contributed by atoms with Crippen molar-refractivity contribution >= 4 is 45.0 Å². The summed E-state index contributed by atoms with van der Waals surface area (Å²) in [6, 6.07) is 13.3. The summed E-state index contributed by atoms with van der Waals surface area (Å²) < 4.78 is 1.25. The summed E-state index contributed by atoms with van der Waals surface area (Å²) in [5.41, 5.74) is 1.95. The number of fused-ring (bicyclic) bond motifs is 1. The molecule has 26 heavy (non-hydrogen) atoms. The number of nitrogens with one attached hydrogen (secondary N) is 2. The Hall–Kier alpha value is -2.25. The Morgan fingerprint density at radius 3 is 2.73 bits per heavy atom. The van der Waals surface area contributed by atoms with E-state index in [2.05, 4.69) is 25.9 Å². The first-order valence-electron chi connectivity index (χ1n) is 8.33. The number of rotatable bonds is 4. The van der Waals surface area contributed by atoms with Gasteiger partial charge in [-0.2, -0.15) is 0 Å². The minimum absolute atomic E-state index is 0.0334. The molecular weight excluding hydrogens is 414 g/mol.